The SMILES string of the molecule is C=C(CC)COc1cc(C(=O)O)ccc1[N+](=O)[O-]. The van der Waals surface area contributed by atoms with Crippen LogP contribution in [0.2, 0.25) is 0 Å². The average molecular weight is 251 g/mol. The van der Waals surface area contributed by atoms with Gasteiger partial charge in [0.05, 0.1) is 10.5 Å². The second-order valence-electron chi connectivity index (χ2n) is 3.64. The zero-order valence-corrected chi connectivity index (χ0v) is 9.88. The van der Waals surface area contributed by atoms with Crippen LogP contribution < -0.4 is 4.74 Å². The summed E-state index contributed by atoms with van der Waals surface area (Å²) in [7, 11) is 0. The largest absolute Gasteiger partial charge is 0.482 e. The van der Waals surface area contributed by atoms with E-state index in [9.17, 15) is 14.9 Å². The maximum atomic E-state index is 10.8. The fraction of sp³-hybridized carbons (Fsp3) is 0.250. The quantitative estimate of drug-likeness (QED) is 0.477. The molecule has 0 aromatic heterocycles. The van der Waals surface area contributed by atoms with Crippen LogP contribution in [0.15, 0.2) is 30.4 Å². The molecule has 1 rings (SSSR count). The standard InChI is InChI=1S/C12H13NO5/c1-3-8(2)7-18-11-6-9(12(14)15)4-5-10(11)13(16)17/h4-6H,2-3,7H2,1H3,(H,14,15). The van der Waals surface area contributed by atoms with E-state index in [-0.39, 0.29) is 23.6 Å². The monoisotopic (exact) mass is 251 g/mol. The van der Waals surface area contributed by atoms with Gasteiger partial charge in [0, 0.05) is 12.1 Å². The van der Waals surface area contributed by atoms with Gasteiger partial charge in [0.2, 0.25) is 0 Å². The minimum atomic E-state index is -1.16. The molecule has 6 nitrogen and oxygen atoms in total. The summed E-state index contributed by atoms with van der Waals surface area (Å²) in [6.45, 7) is 5.72. The molecule has 0 aliphatic carbocycles. The first-order valence-electron chi connectivity index (χ1n) is 5.27. The van der Waals surface area contributed by atoms with E-state index in [1.54, 1.807) is 0 Å². The number of ether oxygens (including phenoxy) is 1. The summed E-state index contributed by atoms with van der Waals surface area (Å²) in [6, 6.07) is 3.43. The van der Waals surface area contributed by atoms with Crippen molar-refractivity contribution in [3.05, 3.63) is 46.0 Å². The van der Waals surface area contributed by atoms with Crippen LogP contribution in [0, 0.1) is 10.1 Å². The van der Waals surface area contributed by atoms with Crippen molar-refractivity contribution in [3.63, 3.8) is 0 Å². The molecule has 0 radical (unpaired) electrons. The van der Waals surface area contributed by atoms with Gasteiger partial charge in [-0.3, -0.25) is 10.1 Å². The van der Waals surface area contributed by atoms with Crippen LogP contribution >= 0.6 is 0 Å². The molecular formula is C12H13NO5. The number of nitro groups is 1. The molecule has 0 saturated carbocycles. The number of nitro benzene ring substituents is 1. The summed E-state index contributed by atoms with van der Waals surface area (Å²) < 4.78 is 5.24. The van der Waals surface area contributed by atoms with Gasteiger partial charge >= 0.3 is 11.7 Å². The minimum absolute atomic E-state index is 0.0577. The number of carboxylic acid groups (broad SMARTS) is 1. The van der Waals surface area contributed by atoms with Gasteiger partial charge in [-0.15, -0.1) is 0 Å². The van der Waals surface area contributed by atoms with Crippen molar-refractivity contribution in [2.24, 2.45) is 0 Å². The number of hydrogen-bond acceptors (Lipinski definition) is 4. The van der Waals surface area contributed by atoms with Crippen molar-refractivity contribution < 1.29 is 19.6 Å². The molecule has 1 N–H and O–H groups in total. The normalized spacial score (nSPS) is 9.83. The van der Waals surface area contributed by atoms with Crippen molar-refractivity contribution in [2.75, 3.05) is 6.61 Å². The summed E-state index contributed by atoms with van der Waals surface area (Å²) in [5.41, 5.74) is 0.451. The molecule has 0 atom stereocenters. The Balaban J connectivity index is 3.03. The van der Waals surface area contributed by atoms with Crippen LogP contribution in [-0.4, -0.2) is 22.6 Å². The minimum Gasteiger partial charge on any atom is -0.482 e. The molecule has 0 bridgehead atoms. The Hall–Kier alpha value is -2.37. The molecule has 18 heavy (non-hydrogen) atoms. The summed E-state index contributed by atoms with van der Waals surface area (Å²) in [4.78, 5) is 20.9. The first-order valence-corrected chi connectivity index (χ1v) is 5.27. The van der Waals surface area contributed by atoms with E-state index in [1.165, 1.54) is 6.07 Å². The lowest BCUT2D eigenvalue weighted by Crippen LogP contribution is -2.04. The van der Waals surface area contributed by atoms with Gasteiger partial charge < -0.3 is 9.84 Å². The van der Waals surface area contributed by atoms with Gasteiger partial charge in [-0.1, -0.05) is 13.5 Å². The number of carboxylic acids is 1. The molecule has 0 saturated heterocycles. The first-order chi connectivity index (χ1) is 8.45. The number of nitrogens with zero attached hydrogens (tertiary/aromatic N) is 1. The third-order valence-electron chi connectivity index (χ3n) is 2.34. The molecule has 0 spiro atoms. The molecule has 0 aliphatic rings. The second kappa shape index (κ2) is 5.81. The lowest BCUT2D eigenvalue weighted by molar-refractivity contribution is -0.385. The zero-order valence-electron chi connectivity index (χ0n) is 9.88. The highest BCUT2D eigenvalue weighted by atomic mass is 16.6. The van der Waals surface area contributed by atoms with E-state index >= 15 is 0 Å². The Morgan fingerprint density at radius 3 is 2.72 bits per heavy atom. The van der Waals surface area contributed by atoms with Crippen LogP contribution in [0.4, 0.5) is 5.69 Å². The molecule has 0 amide bonds. The van der Waals surface area contributed by atoms with E-state index in [0.29, 0.717) is 6.42 Å². The first kappa shape index (κ1) is 13.7. The van der Waals surface area contributed by atoms with E-state index in [0.717, 1.165) is 17.7 Å². The summed E-state index contributed by atoms with van der Waals surface area (Å²) in [5.74, 6) is -1.22. The predicted molar refractivity (Wildman–Crippen MR) is 65.0 cm³/mol. The summed E-state index contributed by atoms with van der Waals surface area (Å²) >= 11 is 0. The average Bonchev–Trinajstić information content (AvgIpc) is 2.35. The Kier molecular flexibility index (Phi) is 4.42. The number of rotatable bonds is 6. The molecule has 0 unspecified atom stereocenters. The Bertz CT molecular complexity index is 495. The maximum absolute atomic E-state index is 10.8. The number of carbonyl (C=O) groups is 1. The molecule has 1 aromatic rings. The zero-order chi connectivity index (χ0) is 13.7. The molecule has 6 heteroatoms. The van der Waals surface area contributed by atoms with Gasteiger partial charge in [0.1, 0.15) is 6.61 Å². The Labute approximate surface area is 104 Å². The summed E-state index contributed by atoms with van der Waals surface area (Å²) in [5, 5.41) is 19.6. The molecule has 0 heterocycles. The predicted octanol–water partition coefficient (Wildman–Crippen LogP) is 2.64. The van der Waals surface area contributed by atoms with Crippen LogP contribution in [0.25, 0.3) is 0 Å². The smallest absolute Gasteiger partial charge is 0.335 e. The molecule has 96 valence electrons. The number of aromatic carboxylic acids is 1. The van der Waals surface area contributed by atoms with Gasteiger partial charge in [-0.05, 0) is 18.1 Å². The highest BCUT2D eigenvalue weighted by Gasteiger charge is 2.17. The number of hydrogen-bond donors (Lipinski definition) is 1. The second-order valence-corrected chi connectivity index (χ2v) is 3.64. The highest BCUT2D eigenvalue weighted by Crippen LogP contribution is 2.28. The third-order valence-corrected chi connectivity index (χ3v) is 2.34. The number of benzene rings is 1. The fourth-order valence-corrected chi connectivity index (χ4v) is 1.20. The van der Waals surface area contributed by atoms with Crippen molar-refractivity contribution in [1.82, 2.24) is 0 Å². The Morgan fingerprint density at radius 1 is 1.56 bits per heavy atom. The van der Waals surface area contributed by atoms with Crippen LogP contribution in [0.3, 0.4) is 0 Å². The lowest BCUT2D eigenvalue weighted by atomic mass is 10.2. The van der Waals surface area contributed by atoms with Crippen LogP contribution in [0.1, 0.15) is 23.7 Å². The van der Waals surface area contributed by atoms with Gasteiger partial charge in [0.25, 0.3) is 0 Å². The fourth-order valence-electron chi connectivity index (χ4n) is 1.20. The van der Waals surface area contributed by atoms with E-state index in [4.69, 9.17) is 9.84 Å². The lowest BCUT2D eigenvalue weighted by Gasteiger charge is -2.08. The molecule has 1 aromatic carbocycles. The topological polar surface area (TPSA) is 89.7 Å². The van der Waals surface area contributed by atoms with E-state index in [2.05, 4.69) is 6.58 Å². The van der Waals surface area contributed by atoms with Crippen molar-refractivity contribution in [1.29, 1.82) is 0 Å². The van der Waals surface area contributed by atoms with Crippen LogP contribution in [-0.2, 0) is 0 Å². The van der Waals surface area contributed by atoms with Crippen LogP contribution in [0.5, 0.6) is 5.75 Å². The van der Waals surface area contributed by atoms with E-state index in [1.807, 2.05) is 6.92 Å². The van der Waals surface area contributed by atoms with Gasteiger partial charge in [-0.2, -0.15) is 0 Å². The highest BCUT2D eigenvalue weighted by molar-refractivity contribution is 5.88. The Morgan fingerprint density at radius 2 is 2.22 bits per heavy atom. The third kappa shape index (κ3) is 3.31. The van der Waals surface area contributed by atoms with Crippen molar-refractivity contribution in [2.45, 2.75) is 13.3 Å². The molecule has 0 fully saturated rings. The van der Waals surface area contributed by atoms with Gasteiger partial charge in [0.15, 0.2) is 5.75 Å². The molecular weight excluding hydrogens is 238 g/mol. The van der Waals surface area contributed by atoms with Crippen molar-refractivity contribution >= 4 is 11.7 Å². The van der Waals surface area contributed by atoms with E-state index < -0.39 is 10.9 Å². The maximum Gasteiger partial charge on any atom is 0.335 e. The molecule has 0 aliphatic heterocycles. The summed E-state index contributed by atoms with van der Waals surface area (Å²) in [6.07, 6.45) is 0.687. The van der Waals surface area contributed by atoms with Crippen molar-refractivity contribution in [3.8, 4) is 5.75 Å². The van der Waals surface area contributed by atoms with Gasteiger partial charge in [-0.25, -0.2) is 4.79 Å².